The molecule has 142 valence electrons. The number of aliphatic imine (C=N–C) groups is 1. The SMILES string of the molecule is I.NC(=NCC1CCCN(c2nccn3cnnc23)C1)Nc1ccccn1. The van der Waals surface area contributed by atoms with Crippen molar-refractivity contribution in [3.8, 4) is 0 Å². The number of nitrogens with two attached hydrogens (primary N) is 1. The van der Waals surface area contributed by atoms with Crippen LogP contribution in [0.15, 0.2) is 48.1 Å². The number of nitrogens with zero attached hydrogens (tertiary/aromatic N) is 7. The number of halogens is 1. The Labute approximate surface area is 174 Å². The molecule has 0 aromatic carbocycles. The summed E-state index contributed by atoms with van der Waals surface area (Å²) in [6.07, 6.45) is 9.25. The summed E-state index contributed by atoms with van der Waals surface area (Å²) in [6.45, 7) is 2.50. The van der Waals surface area contributed by atoms with Crippen LogP contribution in [0.5, 0.6) is 0 Å². The van der Waals surface area contributed by atoms with E-state index in [1.807, 2.05) is 28.8 Å². The van der Waals surface area contributed by atoms with Crippen molar-refractivity contribution in [2.24, 2.45) is 16.6 Å². The number of aromatic nitrogens is 5. The van der Waals surface area contributed by atoms with E-state index in [-0.39, 0.29) is 24.0 Å². The Morgan fingerprint density at radius 1 is 1.30 bits per heavy atom. The summed E-state index contributed by atoms with van der Waals surface area (Å²) >= 11 is 0. The number of fused-ring (bicyclic) bond motifs is 1. The number of hydrogen-bond donors (Lipinski definition) is 2. The van der Waals surface area contributed by atoms with Crippen LogP contribution in [0.1, 0.15) is 12.8 Å². The van der Waals surface area contributed by atoms with Crippen molar-refractivity contribution < 1.29 is 0 Å². The molecule has 3 N–H and O–H groups in total. The molecule has 3 aromatic heterocycles. The molecule has 1 aliphatic rings. The van der Waals surface area contributed by atoms with Crippen LogP contribution in [-0.2, 0) is 0 Å². The Kier molecular flexibility index (Phi) is 6.37. The molecule has 1 atom stereocenters. The summed E-state index contributed by atoms with van der Waals surface area (Å²) in [6, 6.07) is 5.62. The Morgan fingerprint density at radius 2 is 2.22 bits per heavy atom. The number of nitrogens with one attached hydrogen (secondary N) is 1. The molecular formula is C17H22IN9. The molecule has 27 heavy (non-hydrogen) atoms. The third kappa shape index (κ3) is 4.62. The zero-order valence-corrected chi connectivity index (χ0v) is 17.1. The molecule has 4 heterocycles. The first-order valence-corrected chi connectivity index (χ1v) is 8.67. The second-order valence-electron chi connectivity index (χ2n) is 6.33. The molecule has 4 rings (SSSR count). The maximum atomic E-state index is 5.98. The van der Waals surface area contributed by atoms with Gasteiger partial charge in [-0.25, -0.2) is 9.97 Å². The average Bonchev–Trinajstić information content (AvgIpc) is 3.16. The van der Waals surface area contributed by atoms with Crippen LogP contribution in [0.4, 0.5) is 11.6 Å². The van der Waals surface area contributed by atoms with Crippen LogP contribution in [0.2, 0.25) is 0 Å². The van der Waals surface area contributed by atoms with Gasteiger partial charge in [-0.1, -0.05) is 6.07 Å². The summed E-state index contributed by atoms with van der Waals surface area (Å²) in [5, 5.41) is 11.2. The van der Waals surface area contributed by atoms with Crippen LogP contribution < -0.4 is 16.0 Å². The van der Waals surface area contributed by atoms with Crippen molar-refractivity contribution >= 4 is 47.2 Å². The van der Waals surface area contributed by atoms with Crippen molar-refractivity contribution in [1.29, 1.82) is 0 Å². The summed E-state index contributed by atoms with van der Waals surface area (Å²) in [4.78, 5) is 15.4. The maximum absolute atomic E-state index is 5.98. The van der Waals surface area contributed by atoms with Crippen molar-refractivity contribution in [3.05, 3.63) is 43.1 Å². The predicted octanol–water partition coefficient (Wildman–Crippen LogP) is 1.78. The molecule has 0 amide bonds. The van der Waals surface area contributed by atoms with Crippen LogP contribution in [0.3, 0.4) is 0 Å². The van der Waals surface area contributed by atoms with Gasteiger partial charge in [0.2, 0.25) is 5.65 Å². The molecule has 0 saturated carbocycles. The zero-order valence-electron chi connectivity index (χ0n) is 14.8. The highest BCUT2D eigenvalue weighted by atomic mass is 127. The lowest BCUT2D eigenvalue weighted by Gasteiger charge is -2.32. The number of pyridine rings is 1. The lowest BCUT2D eigenvalue weighted by Crippen LogP contribution is -2.38. The van der Waals surface area contributed by atoms with Crippen LogP contribution in [0.25, 0.3) is 5.65 Å². The molecule has 0 spiro atoms. The van der Waals surface area contributed by atoms with Crippen molar-refractivity contribution in [3.63, 3.8) is 0 Å². The van der Waals surface area contributed by atoms with Gasteiger partial charge in [0.05, 0.1) is 0 Å². The first kappa shape index (κ1) is 19.3. The number of guanidine groups is 1. The standard InChI is InChI=1S/C17H21N9.HI/c18-17(23-14-5-1-2-6-19-14)21-10-13-4-3-8-25(11-13)15-16-24-22-12-26(16)9-7-20-15;/h1-2,5-7,9,12-13H,3-4,8,10-11H2,(H3,18,19,21,23);1H. The first-order valence-electron chi connectivity index (χ1n) is 8.67. The quantitative estimate of drug-likeness (QED) is 0.334. The Bertz CT molecular complexity index is 896. The second-order valence-corrected chi connectivity index (χ2v) is 6.33. The van der Waals surface area contributed by atoms with Gasteiger partial charge in [0.15, 0.2) is 11.8 Å². The average molecular weight is 479 g/mol. The summed E-state index contributed by atoms with van der Waals surface area (Å²) < 4.78 is 1.89. The number of piperidine rings is 1. The third-order valence-electron chi connectivity index (χ3n) is 4.46. The summed E-state index contributed by atoms with van der Waals surface area (Å²) in [5.41, 5.74) is 6.77. The molecule has 1 unspecified atom stereocenters. The molecule has 3 aromatic rings. The van der Waals surface area contributed by atoms with Gasteiger partial charge in [-0.15, -0.1) is 34.2 Å². The van der Waals surface area contributed by atoms with Gasteiger partial charge in [0.25, 0.3) is 0 Å². The molecule has 0 radical (unpaired) electrons. The van der Waals surface area contributed by atoms with E-state index >= 15 is 0 Å². The van der Waals surface area contributed by atoms with Crippen LogP contribution in [0, 0.1) is 5.92 Å². The predicted molar refractivity (Wildman–Crippen MR) is 115 cm³/mol. The highest BCUT2D eigenvalue weighted by molar-refractivity contribution is 14.0. The van der Waals surface area contributed by atoms with Crippen LogP contribution >= 0.6 is 24.0 Å². The van der Waals surface area contributed by atoms with E-state index in [0.29, 0.717) is 24.2 Å². The highest BCUT2D eigenvalue weighted by Gasteiger charge is 2.23. The Morgan fingerprint density at radius 3 is 3.07 bits per heavy atom. The molecule has 1 aliphatic heterocycles. The van der Waals surface area contributed by atoms with Crippen molar-refractivity contribution in [2.45, 2.75) is 12.8 Å². The van der Waals surface area contributed by atoms with E-state index in [1.165, 1.54) is 0 Å². The highest BCUT2D eigenvalue weighted by Crippen LogP contribution is 2.24. The fourth-order valence-electron chi connectivity index (χ4n) is 3.21. The summed E-state index contributed by atoms with van der Waals surface area (Å²) in [7, 11) is 0. The molecule has 0 aliphatic carbocycles. The molecule has 0 bridgehead atoms. The van der Waals surface area contributed by atoms with E-state index in [0.717, 1.165) is 37.4 Å². The van der Waals surface area contributed by atoms with E-state index in [1.54, 1.807) is 18.7 Å². The van der Waals surface area contributed by atoms with E-state index in [4.69, 9.17) is 5.73 Å². The number of anilines is 2. The van der Waals surface area contributed by atoms with Gasteiger partial charge in [-0.3, -0.25) is 9.39 Å². The first-order chi connectivity index (χ1) is 12.8. The molecule has 1 fully saturated rings. The number of rotatable bonds is 4. The monoisotopic (exact) mass is 479 g/mol. The zero-order chi connectivity index (χ0) is 17.8. The second kappa shape index (κ2) is 8.93. The Balaban J connectivity index is 0.00000210. The molecular weight excluding hydrogens is 457 g/mol. The van der Waals surface area contributed by atoms with Gasteiger partial charge in [-0.05, 0) is 30.9 Å². The topological polar surface area (TPSA) is 110 Å². The smallest absolute Gasteiger partial charge is 0.203 e. The van der Waals surface area contributed by atoms with E-state index in [2.05, 4.69) is 35.4 Å². The number of hydrogen-bond acceptors (Lipinski definition) is 6. The minimum atomic E-state index is 0. The van der Waals surface area contributed by atoms with Gasteiger partial charge in [0.1, 0.15) is 12.1 Å². The fraction of sp³-hybridized carbons (Fsp3) is 0.353. The van der Waals surface area contributed by atoms with Crippen LogP contribution in [-0.4, -0.2) is 50.2 Å². The fourth-order valence-corrected chi connectivity index (χ4v) is 3.21. The minimum absolute atomic E-state index is 0. The molecule has 1 saturated heterocycles. The van der Waals surface area contributed by atoms with Crippen molar-refractivity contribution in [2.75, 3.05) is 29.9 Å². The lowest BCUT2D eigenvalue weighted by molar-refractivity contribution is 0.422. The minimum Gasteiger partial charge on any atom is -0.370 e. The third-order valence-corrected chi connectivity index (χ3v) is 4.46. The van der Waals surface area contributed by atoms with Crippen molar-refractivity contribution in [1.82, 2.24) is 24.6 Å². The van der Waals surface area contributed by atoms with E-state index in [9.17, 15) is 0 Å². The maximum Gasteiger partial charge on any atom is 0.203 e. The molecule has 9 nitrogen and oxygen atoms in total. The van der Waals surface area contributed by atoms with Gasteiger partial charge >= 0.3 is 0 Å². The summed E-state index contributed by atoms with van der Waals surface area (Å²) in [5.74, 6) is 2.37. The van der Waals surface area contributed by atoms with Gasteiger partial charge < -0.3 is 16.0 Å². The van der Waals surface area contributed by atoms with E-state index < -0.39 is 0 Å². The Hall–Kier alpha value is -2.50. The molecule has 10 heteroatoms. The van der Waals surface area contributed by atoms with Gasteiger partial charge in [-0.2, -0.15) is 0 Å². The normalized spacial score (nSPS) is 17.6. The largest absolute Gasteiger partial charge is 0.370 e. The lowest BCUT2D eigenvalue weighted by atomic mass is 9.98. The van der Waals surface area contributed by atoms with Gasteiger partial charge in [0, 0.05) is 38.2 Å².